The van der Waals surface area contributed by atoms with Crippen LogP contribution in [-0.2, 0) is 9.53 Å². The summed E-state index contributed by atoms with van der Waals surface area (Å²) in [5.41, 5.74) is 0.862. The second-order valence-electron chi connectivity index (χ2n) is 7.24. The number of morpholine rings is 1. The molecule has 1 aliphatic heterocycles. The molecule has 0 saturated carbocycles. The minimum Gasteiger partial charge on any atom is -0.497 e. The smallest absolute Gasteiger partial charge is 0.243 e. The molecule has 3 unspecified atom stereocenters. The number of nitrogens with one attached hydrogen (secondary N) is 1. The van der Waals surface area contributed by atoms with Crippen molar-refractivity contribution >= 4 is 32.6 Å². The van der Waals surface area contributed by atoms with Gasteiger partial charge in [-0.3, -0.25) is 9.69 Å². The van der Waals surface area contributed by atoms with E-state index in [0.29, 0.717) is 5.13 Å². The predicted octanol–water partition coefficient (Wildman–Crippen LogP) is 3.38. The average Bonchev–Trinajstić information content (AvgIpc) is 2.94. The van der Waals surface area contributed by atoms with Crippen molar-refractivity contribution in [1.29, 1.82) is 0 Å². The summed E-state index contributed by atoms with van der Waals surface area (Å²) >= 11 is 1.47. The van der Waals surface area contributed by atoms with E-state index in [1.54, 1.807) is 7.11 Å². The van der Waals surface area contributed by atoms with Gasteiger partial charge in [-0.05, 0) is 38.0 Å². The first-order chi connectivity index (χ1) is 12.4. The van der Waals surface area contributed by atoms with Crippen molar-refractivity contribution in [3.05, 3.63) is 18.2 Å². The van der Waals surface area contributed by atoms with Crippen LogP contribution in [0.15, 0.2) is 18.2 Å². The summed E-state index contributed by atoms with van der Waals surface area (Å²) in [5.74, 6) is 0.977. The van der Waals surface area contributed by atoms with E-state index in [1.807, 2.05) is 18.2 Å². The molecule has 3 rings (SSSR count). The Morgan fingerprint density at radius 3 is 2.65 bits per heavy atom. The van der Waals surface area contributed by atoms with Gasteiger partial charge in [0.15, 0.2) is 5.13 Å². The van der Waals surface area contributed by atoms with Gasteiger partial charge in [-0.15, -0.1) is 0 Å². The number of carbonyl (C=O) groups excluding carboxylic acids is 1. The topological polar surface area (TPSA) is 63.7 Å². The molecule has 0 aliphatic carbocycles. The Bertz CT molecular complexity index is 766. The SMILES string of the molecule is COc1ccc2nc(NC(=O)C(C(C)C)N3CC(C)OC(C)C3)sc2c1. The maximum absolute atomic E-state index is 13.0. The van der Waals surface area contributed by atoms with Crippen LogP contribution in [0, 0.1) is 5.92 Å². The lowest BCUT2D eigenvalue weighted by atomic mass is 10.00. The second kappa shape index (κ2) is 7.90. The Morgan fingerprint density at radius 1 is 1.35 bits per heavy atom. The number of aromatic nitrogens is 1. The number of rotatable bonds is 5. The Hall–Kier alpha value is -1.70. The van der Waals surface area contributed by atoms with E-state index >= 15 is 0 Å². The second-order valence-corrected chi connectivity index (χ2v) is 8.27. The molecule has 1 aromatic carbocycles. The molecule has 0 bridgehead atoms. The number of ether oxygens (including phenoxy) is 2. The van der Waals surface area contributed by atoms with Crippen LogP contribution >= 0.6 is 11.3 Å². The van der Waals surface area contributed by atoms with E-state index in [2.05, 4.69) is 42.9 Å². The van der Waals surface area contributed by atoms with Gasteiger partial charge in [0, 0.05) is 13.1 Å². The molecule has 1 amide bonds. The third-order valence-electron chi connectivity index (χ3n) is 4.57. The van der Waals surface area contributed by atoms with Gasteiger partial charge < -0.3 is 14.8 Å². The van der Waals surface area contributed by atoms with Crippen LogP contribution in [0.3, 0.4) is 0 Å². The first-order valence-electron chi connectivity index (χ1n) is 9.02. The average molecular weight is 378 g/mol. The molecule has 7 heteroatoms. The fourth-order valence-electron chi connectivity index (χ4n) is 3.60. The third-order valence-corrected chi connectivity index (χ3v) is 5.50. The van der Waals surface area contributed by atoms with Gasteiger partial charge in [0.2, 0.25) is 5.91 Å². The highest BCUT2D eigenvalue weighted by Gasteiger charge is 2.34. The van der Waals surface area contributed by atoms with Gasteiger partial charge in [0.25, 0.3) is 0 Å². The highest BCUT2D eigenvalue weighted by Crippen LogP contribution is 2.30. The number of hydrogen-bond donors (Lipinski definition) is 1. The van der Waals surface area contributed by atoms with Crippen LogP contribution < -0.4 is 10.1 Å². The van der Waals surface area contributed by atoms with Crippen LogP contribution in [-0.4, -0.2) is 54.2 Å². The zero-order chi connectivity index (χ0) is 18.8. The molecule has 142 valence electrons. The van der Waals surface area contributed by atoms with E-state index in [4.69, 9.17) is 9.47 Å². The molecule has 2 heterocycles. The molecule has 1 N–H and O–H groups in total. The molecule has 26 heavy (non-hydrogen) atoms. The largest absolute Gasteiger partial charge is 0.497 e. The number of thiazole rings is 1. The van der Waals surface area contributed by atoms with Crippen LogP contribution in [0.4, 0.5) is 5.13 Å². The Morgan fingerprint density at radius 2 is 2.04 bits per heavy atom. The minimum atomic E-state index is -0.203. The molecule has 1 aromatic heterocycles. The first-order valence-corrected chi connectivity index (χ1v) is 9.84. The van der Waals surface area contributed by atoms with Gasteiger partial charge in [-0.2, -0.15) is 0 Å². The molecule has 0 radical (unpaired) electrons. The number of fused-ring (bicyclic) bond motifs is 1. The summed E-state index contributed by atoms with van der Waals surface area (Å²) in [5, 5.41) is 3.65. The van der Waals surface area contributed by atoms with Gasteiger partial charge in [0.1, 0.15) is 5.75 Å². The van der Waals surface area contributed by atoms with Gasteiger partial charge in [0.05, 0.1) is 35.6 Å². The van der Waals surface area contributed by atoms with E-state index in [1.165, 1.54) is 11.3 Å². The number of amides is 1. The fourth-order valence-corrected chi connectivity index (χ4v) is 4.50. The quantitative estimate of drug-likeness (QED) is 0.865. The number of anilines is 1. The van der Waals surface area contributed by atoms with Crippen molar-refractivity contribution in [2.24, 2.45) is 5.92 Å². The summed E-state index contributed by atoms with van der Waals surface area (Å²) < 4.78 is 12.1. The fraction of sp³-hybridized carbons (Fsp3) is 0.579. The van der Waals surface area contributed by atoms with Gasteiger partial charge in [-0.1, -0.05) is 25.2 Å². The first kappa shape index (κ1) is 19.1. The molecular formula is C19H27N3O3S. The summed E-state index contributed by atoms with van der Waals surface area (Å²) in [6, 6.07) is 5.52. The lowest BCUT2D eigenvalue weighted by Crippen LogP contribution is -2.55. The lowest BCUT2D eigenvalue weighted by Gasteiger charge is -2.40. The number of nitrogens with zero attached hydrogens (tertiary/aromatic N) is 2. The minimum absolute atomic E-state index is 0.00711. The Kier molecular flexibility index (Phi) is 5.79. The molecule has 1 aliphatic rings. The monoisotopic (exact) mass is 377 g/mol. The molecule has 3 atom stereocenters. The Labute approximate surface area is 158 Å². The van der Waals surface area contributed by atoms with Crippen molar-refractivity contribution < 1.29 is 14.3 Å². The van der Waals surface area contributed by atoms with Crippen LogP contribution in [0.5, 0.6) is 5.75 Å². The van der Waals surface area contributed by atoms with Crippen molar-refractivity contribution in [2.75, 3.05) is 25.5 Å². The normalized spacial score (nSPS) is 22.5. The zero-order valence-corrected chi connectivity index (χ0v) is 16.8. The van der Waals surface area contributed by atoms with Crippen LogP contribution in [0.1, 0.15) is 27.7 Å². The van der Waals surface area contributed by atoms with E-state index in [0.717, 1.165) is 29.1 Å². The molecule has 2 aromatic rings. The molecule has 0 spiro atoms. The van der Waals surface area contributed by atoms with Crippen molar-refractivity contribution in [1.82, 2.24) is 9.88 Å². The van der Waals surface area contributed by atoms with Crippen LogP contribution in [0.2, 0.25) is 0 Å². The summed E-state index contributed by atoms with van der Waals surface area (Å²) in [6.45, 7) is 9.80. The van der Waals surface area contributed by atoms with E-state index in [-0.39, 0.29) is 30.1 Å². The highest BCUT2D eigenvalue weighted by atomic mass is 32.1. The molecular weight excluding hydrogens is 350 g/mol. The van der Waals surface area contributed by atoms with Crippen molar-refractivity contribution in [3.8, 4) is 5.75 Å². The molecule has 1 fully saturated rings. The van der Waals surface area contributed by atoms with Gasteiger partial charge >= 0.3 is 0 Å². The van der Waals surface area contributed by atoms with Gasteiger partial charge in [-0.25, -0.2) is 4.98 Å². The maximum Gasteiger partial charge on any atom is 0.243 e. The van der Waals surface area contributed by atoms with E-state index < -0.39 is 0 Å². The Balaban J connectivity index is 1.77. The highest BCUT2D eigenvalue weighted by molar-refractivity contribution is 7.22. The zero-order valence-electron chi connectivity index (χ0n) is 16.0. The maximum atomic E-state index is 13.0. The standard InChI is InChI=1S/C19H27N3O3S/c1-11(2)17(22-9-12(3)25-13(4)10-22)18(23)21-19-20-15-7-6-14(24-5)8-16(15)26-19/h6-8,11-13,17H,9-10H2,1-5H3,(H,20,21,23). The van der Waals surface area contributed by atoms with E-state index in [9.17, 15) is 4.79 Å². The van der Waals surface area contributed by atoms with Crippen molar-refractivity contribution in [2.45, 2.75) is 45.9 Å². The third kappa shape index (κ3) is 4.16. The van der Waals surface area contributed by atoms with Crippen molar-refractivity contribution in [3.63, 3.8) is 0 Å². The lowest BCUT2D eigenvalue weighted by molar-refractivity contribution is -0.130. The number of hydrogen-bond acceptors (Lipinski definition) is 6. The number of methoxy groups -OCH3 is 1. The number of benzene rings is 1. The molecule has 6 nitrogen and oxygen atoms in total. The summed E-state index contributed by atoms with van der Waals surface area (Å²) in [6.07, 6.45) is 0.255. The predicted molar refractivity (Wildman–Crippen MR) is 105 cm³/mol. The molecule has 1 saturated heterocycles. The van der Waals surface area contributed by atoms with Crippen LogP contribution in [0.25, 0.3) is 10.2 Å². The number of carbonyl (C=O) groups is 1. The summed E-state index contributed by atoms with van der Waals surface area (Å²) in [7, 11) is 1.64. The summed E-state index contributed by atoms with van der Waals surface area (Å²) in [4.78, 5) is 19.8.